The number of amidine groups is 1. The van der Waals surface area contributed by atoms with E-state index in [0.29, 0.717) is 24.6 Å². The fourth-order valence-corrected chi connectivity index (χ4v) is 6.62. The number of aliphatic hydroxyl groups is 1. The van der Waals surface area contributed by atoms with E-state index in [-0.39, 0.29) is 12.8 Å². The molecule has 0 spiro atoms. The summed E-state index contributed by atoms with van der Waals surface area (Å²) in [6.45, 7) is 11.0. The lowest BCUT2D eigenvalue weighted by atomic mass is 9.86. The Kier molecular flexibility index (Phi) is 9.27. The molecule has 1 aliphatic carbocycles. The number of hydrogen-bond acceptors (Lipinski definition) is 7. The number of aliphatic hydroxyl groups excluding tert-OH is 1. The smallest absolute Gasteiger partial charge is 0.132 e. The summed E-state index contributed by atoms with van der Waals surface area (Å²) >= 11 is 0. The van der Waals surface area contributed by atoms with Gasteiger partial charge in [-0.2, -0.15) is 0 Å². The van der Waals surface area contributed by atoms with Crippen LogP contribution >= 0.6 is 0 Å². The van der Waals surface area contributed by atoms with E-state index >= 15 is 0 Å². The van der Waals surface area contributed by atoms with Gasteiger partial charge in [-0.1, -0.05) is 19.3 Å². The summed E-state index contributed by atoms with van der Waals surface area (Å²) in [5.74, 6) is 2.38. The second-order valence-corrected chi connectivity index (χ2v) is 11.9. The molecule has 206 valence electrons. The van der Waals surface area contributed by atoms with Gasteiger partial charge in [0.25, 0.3) is 0 Å². The van der Waals surface area contributed by atoms with Gasteiger partial charge >= 0.3 is 0 Å². The van der Waals surface area contributed by atoms with Crippen LogP contribution in [0.3, 0.4) is 0 Å². The van der Waals surface area contributed by atoms with Crippen molar-refractivity contribution in [1.29, 1.82) is 0 Å². The maximum absolute atomic E-state index is 10.2. The number of piperidine rings is 1. The summed E-state index contributed by atoms with van der Waals surface area (Å²) in [4.78, 5) is 10.4. The third-order valence-electron chi connectivity index (χ3n) is 8.97. The Morgan fingerprint density at radius 3 is 2.49 bits per heavy atom. The molecule has 0 aromatic heterocycles. The highest BCUT2D eigenvalue weighted by molar-refractivity contribution is 6.05. The van der Waals surface area contributed by atoms with Crippen molar-refractivity contribution in [2.45, 2.75) is 103 Å². The molecule has 1 unspecified atom stereocenters. The van der Waals surface area contributed by atoms with Crippen molar-refractivity contribution in [1.82, 2.24) is 15.1 Å². The summed E-state index contributed by atoms with van der Waals surface area (Å²) in [5, 5.41) is 17.8. The molecule has 3 fully saturated rings. The first-order valence-electron chi connectivity index (χ1n) is 15.1. The topological polar surface area (TPSA) is 72.4 Å². The molecule has 1 aromatic rings. The first kappa shape index (κ1) is 26.8. The van der Waals surface area contributed by atoms with E-state index in [1.54, 1.807) is 0 Å². The lowest BCUT2D eigenvalue weighted by Gasteiger charge is -2.38. The van der Waals surface area contributed by atoms with Gasteiger partial charge in [0.05, 0.1) is 18.9 Å². The molecule has 37 heavy (non-hydrogen) atoms. The minimum atomic E-state index is -0.0269. The number of benzene rings is 1. The lowest BCUT2D eigenvalue weighted by molar-refractivity contribution is 0.167. The molecule has 5 rings (SSSR count). The van der Waals surface area contributed by atoms with Gasteiger partial charge in [-0.3, -0.25) is 0 Å². The van der Waals surface area contributed by atoms with Crippen LogP contribution in [0.5, 0.6) is 5.75 Å². The molecule has 1 saturated carbocycles. The van der Waals surface area contributed by atoms with Gasteiger partial charge in [0.1, 0.15) is 17.8 Å². The standard InChI is InChI=1S/C30H49N5O2/c1-22(2)35-16-11-25(12-17-35)31-30-26-19-24(21-36)28(37-18-8-15-34-13-6-7-14-34)20-27(26)32-29(33-30)23-9-4-3-5-10-23/h19-20,22-23,25,29,32,36H,3-18,21H2,1-2H3,(H,31,33). The van der Waals surface area contributed by atoms with E-state index in [9.17, 15) is 5.11 Å². The molecule has 7 heteroatoms. The summed E-state index contributed by atoms with van der Waals surface area (Å²) < 4.78 is 6.26. The van der Waals surface area contributed by atoms with E-state index < -0.39 is 0 Å². The zero-order valence-electron chi connectivity index (χ0n) is 23.2. The van der Waals surface area contributed by atoms with Crippen molar-refractivity contribution < 1.29 is 9.84 Å². The van der Waals surface area contributed by atoms with Crippen molar-refractivity contribution in [2.75, 3.05) is 44.6 Å². The van der Waals surface area contributed by atoms with E-state index in [4.69, 9.17) is 9.73 Å². The van der Waals surface area contributed by atoms with Gasteiger partial charge in [0.15, 0.2) is 0 Å². The maximum Gasteiger partial charge on any atom is 0.132 e. The SMILES string of the molecule is CC(C)N1CCC(NC2=NC(C3CCCCC3)Nc3cc(OCCCN4CCCC4)c(CO)cc32)CC1. The monoisotopic (exact) mass is 511 g/mol. The number of rotatable bonds is 9. The summed E-state index contributed by atoms with van der Waals surface area (Å²) in [5.41, 5.74) is 3.02. The maximum atomic E-state index is 10.2. The van der Waals surface area contributed by atoms with Crippen molar-refractivity contribution in [3.05, 3.63) is 23.3 Å². The van der Waals surface area contributed by atoms with E-state index in [2.05, 4.69) is 46.4 Å². The largest absolute Gasteiger partial charge is 0.493 e. The zero-order valence-corrected chi connectivity index (χ0v) is 23.2. The van der Waals surface area contributed by atoms with Crippen LogP contribution in [0.25, 0.3) is 0 Å². The number of nitrogens with one attached hydrogen (secondary N) is 2. The minimum absolute atomic E-state index is 0.0269. The number of nitrogens with zero attached hydrogens (tertiary/aromatic N) is 3. The van der Waals surface area contributed by atoms with Gasteiger partial charge in [-0.25, -0.2) is 4.99 Å². The van der Waals surface area contributed by atoms with Crippen LogP contribution < -0.4 is 15.4 Å². The Labute approximate surface area is 224 Å². The van der Waals surface area contributed by atoms with Crippen molar-refractivity contribution in [3.63, 3.8) is 0 Å². The van der Waals surface area contributed by atoms with E-state index in [1.165, 1.54) is 58.0 Å². The molecule has 3 N–H and O–H groups in total. The summed E-state index contributed by atoms with van der Waals surface area (Å²) in [6.07, 6.45) is 12.5. The zero-order chi connectivity index (χ0) is 25.6. The number of likely N-dealkylation sites (tertiary alicyclic amines) is 2. The minimum Gasteiger partial charge on any atom is -0.493 e. The molecule has 3 heterocycles. The molecule has 3 aliphatic heterocycles. The molecule has 1 atom stereocenters. The van der Waals surface area contributed by atoms with Crippen LogP contribution in [0, 0.1) is 5.92 Å². The fourth-order valence-electron chi connectivity index (χ4n) is 6.62. The highest BCUT2D eigenvalue weighted by atomic mass is 16.5. The molecule has 0 radical (unpaired) electrons. The molecular weight excluding hydrogens is 462 g/mol. The Morgan fingerprint density at radius 2 is 1.78 bits per heavy atom. The first-order chi connectivity index (χ1) is 18.1. The highest BCUT2D eigenvalue weighted by Gasteiger charge is 2.31. The van der Waals surface area contributed by atoms with Crippen molar-refractivity contribution in [2.24, 2.45) is 10.9 Å². The molecule has 1 aromatic carbocycles. The second-order valence-electron chi connectivity index (χ2n) is 11.9. The third-order valence-corrected chi connectivity index (χ3v) is 8.97. The number of hydrogen-bond donors (Lipinski definition) is 3. The van der Waals surface area contributed by atoms with Crippen LogP contribution in [0.15, 0.2) is 17.1 Å². The number of ether oxygens (including phenoxy) is 1. The predicted octanol–water partition coefficient (Wildman–Crippen LogP) is 4.58. The highest BCUT2D eigenvalue weighted by Crippen LogP contribution is 2.36. The third kappa shape index (κ3) is 6.79. The number of fused-ring (bicyclic) bond motifs is 1. The Bertz CT molecular complexity index is 899. The quantitative estimate of drug-likeness (QED) is 0.422. The van der Waals surface area contributed by atoms with E-state index in [0.717, 1.165) is 67.3 Å². The number of aliphatic imine (C=N–C) groups is 1. The Hall–Kier alpha value is -1.83. The van der Waals surface area contributed by atoms with Crippen LogP contribution in [0.1, 0.15) is 89.2 Å². The molecule has 2 saturated heterocycles. The molecule has 0 amide bonds. The Morgan fingerprint density at radius 1 is 1.03 bits per heavy atom. The molecule has 0 bridgehead atoms. The Balaban J connectivity index is 1.31. The van der Waals surface area contributed by atoms with Crippen LogP contribution in [-0.2, 0) is 6.61 Å². The molecule has 4 aliphatic rings. The van der Waals surface area contributed by atoms with E-state index in [1.807, 2.05) is 0 Å². The second kappa shape index (κ2) is 12.8. The summed E-state index contributed by atoms with van der Waals surface area (Å²) in [6, 6.07) is 5.27. The van der Waals surface area contributed by atoms with Gasteiger partial charge in [-0.15, -0.1) is 0 Å². The average molecular weight is 512 g/mol. The van der Waals surface area contributed by atoms with Crippen molar-refractivity contribution >= 4 is 11.5 Å². The fraction of sp³-hybridized carbons (Fsp3) is 0.767. The van der Waals surface area contributed by atoms with Crippen molar-refractivity contribution in [3.8, 4) is 5.75 Å². The number of anilines is 1. The van der Waals surface area contributed by atoms with Crippen LogP contribution in [0.4, 0.5) is 5.69 Å². The average Bonchev–Trinajstić information content (AvgIpc) is 3.45. The van der Waals surface area contributed by atoms with Gasteiger partial charge in [0, 0.05) is 48.9 Å². The van der Waals surface area contributed by atoms with Crippen LogP contribution in [0.2, 0.25) is 0 Å². The lowest BCUT2D eigenvalue weighted by Crippen LogP contribution is -2.48. The van der Waals surface area contributed by atoms with Gasteiger partial charge in [0.2, 0.25) is 0 Å². The normalized spacial score (nSPS) is 24.1. The molecule has 7 nitrogen and oxygen atoms in total. The van der Waals surface area contributed by atoms with Gasteiger partial charge < -0.3 is 30.3 Å². The van der Waals surface area contributed by atoms with Crippen LogP contribution in [-0.4, -0.2) is 78.3 Å². The summed E-state index contributed by atoms with van der Waals surface area (Å²) in [7, 11) is 0. The first-order valence-corrected chi connectivity index (χ1v) is 15.1. The predicted molar refractivity (Wildman–Crippen MR) is 152 cm³/mol. The van der Waals surface area contributed by atoms with Gasteiger partial charge in [-0.05, 0) is 83.9 Å². The molecular formula is C30H49N5O2.